The monoisotopic (exact) mass is 532 g/mol. The Morgan fingerprint density at radius 3 is 2.91 bits per heavy atom. The number of aliphatic carboxylic acids is 1. The molecule has 1 aliphatic heterocycles. The van der Waals surface area contributed by atoms with Crippen molar-refractivity contribution in [2.75, 3.05) is 32.5 Å². The first-order chi connectivity index (χ1) is 17.0. The quantitative estimate of drug-likeness (QED) is 0.257. The minimum absolute atomic E-state index is 0.256. The number of nitrogens with zero attached hydrogens (tertiary/aromatic N) is 2. The van der Waals surface area contributed by atoms with Gasteiger partial charge < -0.3 is 14.7 Å². The van der Waals surface area contributed by atoms with E-state index in [9.17, 15) is 9.90 Å². The van der Waals surface area contributed by atoms with E-state index in [2.05, 4.69) is 28.1 Å². The maximum atomic E-state index is 11.3. The second kappa shape index (κ2) is 12.9. The summed E-state index contributed by atoms with van der Waals surface area (Å²) >= 11 is 9.53. The first-order valence-corrected chi connectivity index (χ1v) is 14.4. The number of piperidine rings is 1. The molecule has 4 rings (SSSR count). The SMILES string of the molecule is COc1ccc2nccc(CCCC3CCN(CCSc4ccc(Cl)s4)CC3CCC(=O)O)c2c1. The van der Waals surface area contributed by atoms with Crippen molar-refractivity contribution in [3.63, 3.8) is 0 Å². The zero-order valence-corrected chi connectivity index (χ0v) is 22.5. The lowest BCUT2D eigenvalue weighted by molar-refractivity contribution is -0.137. The molecule has 2 unspecified atom stereocenters. The van der Waals surface area contributed by atoms with E-state index < -0.39 is 5.97 Å². The van der Waals surface area contributed by atoms with Crippen LogP contribution in [0.4, 0.5) is 0 Å². The van der Waals surface area contributed by atoms with Gasteiger partial charge in [-0.15, -0.1) is 23.1 Å². The number of pyridine rings is 1. The number of fused-ring (bicyclic) bond motifs is 1. The molecular weight excluding hydrogens is 500 g/mol. The predicted molar refractivity (Wildman–Crippen MR) is 146 cm³/mol. The van der Waals surface area contributed by atoms with Crippen molar-refractivity contribution >= 4 is 51.6 Å². The molecule has 1 saturated heterocycles. The van der Waals surface area contributed by atoms with Gasteiger partial charge in [-0.25, -0.2) is 0 Å². The van der Waals surface area contributed by atoms with Gasteiger partial charge in [-0.3, -0.25) is 9.78 Å². The summed E-state index contributed by atoms with van der Waals surface area (Å²) in [6.45, 7) is 3.12. The van der Waals surface area contributed by atoms with Gasteiger partial charge in [-0.05, 0) is 92.4 Å². The standard InChI is InChI=1S/C27H33ClN2O3S2/c1-33-22-6-7-24-23(17-22)20(11-13-29-24)4-2-3-19-12-14-30(18-21(19)5-9-26(31)32)15-16-34-27-10-8-25(28)35-27/h6-8,10-11,13,17,19,21H,2-5,9,12,14-16,18H2,1H3,(H,31,32). The molecule has 188 valence electrons. The highest BCUT2D eigenvalue weighted by molar-refractivity contribution is 8.01. The Morgan fingerprint density at radius 2 is 2.14 bits per heavy atom. The fraction of sp³-hybridized carbons (Fsp3) is 0.481. The van der Waals surface area contributed by atoms with Gasteiger partial charge >= 0.3 is 5.97 Å². The van der Waals surface area contributed by atoms with E-state index in [0.717, 1.165) is 78.5 Å². The molecule has 5 nitrogen and oxygen atoms in total. The topological polar surface area (TPSA) is 62.7 Å². The summed E-state index contributed by atoms with van der Waals surface area (Å²) in [6, 6.07) is 12.2. The first-order valence-electron chi connectivity index (χ1n) is 12.3. The number of carboxylic acids is 1. The van der Waals surface area contributed by atoms with E-state index in [1.165, 1.54) is 9.77 Å². The molecule has 2 aromatic heterocycles. The van der Waals surface area contributed by atoms with Crippen LogP contribution in [0.3, 0.4) is 0 Å². The number of benzene rings is 1. The minimum Gasteiger partial charge on any atom is -0.497 e. The summed E-state index contributed by atoms with van der Waals surface area (Å²) in [5, 5.41) is 10.5. The fourth-order valence-electron chi connectivity index (χ4n) is 5.11. The van der Waals surface area contributed by atoms with Crippen LogP contribution in [0.5, 0.6) is 5.75 Å². The molecule has 3 aromatic rings. The van der Waals surface area contributed by atoms with Crippen LogP contribution in [0, 0.1) is 11.8 Å². The molecule has 1 N–H and O–H groups in total. The number of likely N-dealkylation sites (tertiary alicyclic amines) is 1. The van der Waals surface area contributed by atoms with Gasteiger partial charge in [0.25, 0.3) is 0 Å². The number of methoxy groups -OCH3 is 1. The number of thiophene rings is 1. The Morgan fingerprint density at radius 1 is 1.26 bits per heavy atom. The third-order valence-electron chi connectivity index (χ3n) is 6.96. The molecule has 1 aliphatic rings. The number of aryl methyl sites for hydroxylation is 1. The Kier molecular flexibility index (Phi) is 9.72. The molecule has 2 atom stereocenters. The van der Waals surface area contributed by atoms with Crippen molar-refractivity contribution in [3.05, 3.63) is 52.5 Å². The van der Waals surface area contributed by atoms with Crippen molar-refractivity contribution in [3.8, 4) is 5.75 Å². The first kappa shape index (κ1) is 26.3. The van der Waals surface area contributed by atoms with Gasteiger partial charge in [0.15, 0.2) is 0 Å². The van der Waals surface area contributed by atoms with Gasteiger partial charge in [-0.2, -0.15) is 0 Å². The van der Waals surface area contributed by atoms with E-state index >= 15 is 0 Å². The second-order valence-electron chi connectivity index (χ2n) is 9.19. The number of aromatic nitrogens is 1. The summed E-state index contributed by atoms with van der Waals surface area (Å²) in [5.74, 6) is 2.22. The molecule has 35 heavy (non-hydrogen) atoms. The van der Waals surface area contributed by atoms with Crippen LogP contribution in [0.15, 0.2) is 46.8 Å². The largest absolute Gasteiger partial charge is 0.497 e. The van der Waals surface area contributed by atoms with Gasteiger partial charge in [0, 0.05) is 36.8 Å². The second-order valence-corrected chi connectivity index (χ2v) is 12.3. The van der Waals surface area contributed by atoms with Crippen molar-refractivity contribution in [1.82, 2.24) is 9.88 Å². The van der Waals surface area contributed by atoms with Crippen LogP contribution in [-0.4, -0.2) is 53.5 Å². The molecule has 0 saturated carbocycles. The summed E-state index contributed by atoms with van der Waals surface area (Å²) in [5.41, 5.74) is 2.30. The highest BCUT2D eigenvalue weighted by Crippen LogP contribution is 2.34. The van der Waals surface area contributed by atoms with E-state index in [-0.39, 0.29) is 6.42 Å². The predicted octanol–water partition coefficient (Wildman–Crippen LogP) is 6.88. The maximum absolute atomic E-state index is 11.3. The highest BCUT2D eigenvalue weighted by Gasteiger charge is 2.29. The third kappa shape index (κ3) is 7.59. The molecule has 1 aromatic carbocycles. The molecule has 0 bridgehead atoms. The zero-order valence-electron chi connectivity index (χ0n) is 20.1. The number of thioether (sulfide) groups is 1. The van der Waals surface area contributed by atoms with E-state index in [4.69, 9.17) is 16.3 Å². The van der Waals surface area contributed by atoms with E-state index in [0.29, 0.717) is 11.8 Å². The van der Waals surface area contributed by atoms with Crippen LogP contribution in [0.2, 0.25) is 4.34 Å². The lowest BCUT2D eigenvalue weighted by atomic mass is 9.79. The number of hydrogen-bond acceptors (Lipinski definition) is 6. The van der Waals surface area contributed by atoms with Crippen LogP contribution in [-0.2, 0) is 11.2 Å². The Hall–Kier alpha value is -1.80. The summed E-state index contributed by atoms with van der Waals surface area (Å²) in [6.07, 6.45) is 7.28. The highest BCUT2D eigenvalue weighted by atomic mass is 35.5. The van der Waals surface area contributed by atoms with Crippen molar-refractivity contribution in [2.45, 2.75) is 42.7 Å². The fourth-order valence-corrected chi connectivity index (χ4v) is 7.49. The average Bonchev–Trinajstić information content (AvgIpc) is 3.28. The molecule has 8 heteroatoms. The average molecular weight is 533 g/mol. The van der Waals surface area contributed by atoms with Crippen molar-refractivity contribution in [2.24, 2.45) is 11.8 Å². The van der Waals surface area contributed by atoms with Gasteiger partial charge in [0.2, 0.25) is 0 Å². The third-order valence-corrected chi connectivity index (χ3v) is 9.40. The van der Waals surface area contributed by atoms with Crippen molar-refractivity contribution < 1.29 is 14.6 Å². The number of ether oxygens (including phenoxy) is 1. The molecule has 0 spiro atoms. The Labute approximate surface area is 220 Å². The van der Waals surface area contributed by atoms with Crippen LogP contribution in [0.1, 0.15) is 37.7 Å². The van der Waals surface area contributed by atoms with Crippen LogP contribution < -0.4 is 4.74 Å². The Bertz CT molecular complexity index is 1120. The summed E-state index contributed by atoms with van der Waals surface area (Å²) in [4.78, 5) is 18.3. The maximum Gasteiger partial charge on any atom is 0.303 e. The molecular formula is C27H33ClN2O3S2. The number of rotatable bonds is 12. The molecule has 3 heterocycles. The van der Waals surface area contributed by atoms with Gasteiger partial charge in [0.1, 0.15) is 5.75 Å². The number of halogens is 1. The number of hydrogen-bond donors (Lipinski definition) is 1. The van der Waals surface area contributed by atoms with Crippen molar-refractivity contribution in [1.29, 1.82) is 0 Å². The van der Waals surface area contributed by atoms with Gasteiger partial charge in [0.05, 0.1) is 21.2 Å². The lowest BCUT2D eigenvalue weighted by Crippen LogP contribution is -2.41. The number of carbonyl (C=O) groups is 1. The smallest absolute Gasteiger partial charge is 0.303 e. The minimum atomic E-state index is -0.691. The summed E-state index contributed by atoms with van der Waals surface area (Å²) in [7, 11) is 1.69. The molecule has 0 radical (unpaired) electrons. The van der Waals surface area contributed by atoms with E-state index in [1.54, 1.807) is 18.4 Å². The normalized spacial score (nSPS) is 18.7. The molecule has 1 fully saturated rings. The lowest BCUT2D eigenvalue weighted by Gasteiger charge is -2.39. The van der Waals surface area contributed by atoms with E-state index in [1.807, 2.05) is 36.2 Å². The van der Waals surface area contributed by atoms with Crippen LogP contribution in [0.25, 0.3) is 10.9 Å². The molecule has 0 aliphatic carbocycles. The Balaban J connectivity index is 1.31. The number of carboxylic acid groups (broad SMARTS) is 1. The summed E-state index contributed by atoms with van der Waals surface area (Å²) < 4.78 is 7.51. The van der Waals surface area contributed by atoms with Gasteiger partial charge in [-0.1, -0.05) is 11.6 Å². The zero-order chi connectivity index (χ0) is 24.6. The van der Waals surface area contributed by atoms with Crippen LogP contribution >= 0.6 is 34.7 Å². The molecule has 0 amide bonds.